The molecule has 0 aliphatic rings. The Balaban J connectivity index is 2.17. The van der Waals surface area contributed by atoms with Gasteiger partial charge in [-0.1, -0.05) is 0 Å². The highest BCUT2D eigenvalue weighted by molar-refractivity contribution is 7.89. The van der Waals surface area contributed by atoms with Crippen LogP contribution in [-0.4, -0.2) is 18.6 Å². The van der Waals surface area contributed by atoms with E-state index in [-0.39, 0.29) is 4.90 Å². The predicted octanol–water partition coefficient (Wildman–Crippen LogP) is 1.47. The van der Waals surface area contributed by atoms with Crippen molar-refractivity contribution in [2.45, 2.75) is 18.7 Å². The van der Waals surface area contributed by atoms with Gasteiger partial charge in [0.2, 0.25) is 0 Å². The maximum atomic E-state index is 12.7. The highest BCUT2D eigenvalue weighted by Gasteiger charge is 2.21. The fourth-order valence-corrected chi connectivity index (χ4v) is 2.88. The second-order valence-electron chi connectivity index (χ2n) is 4.00. The zero-order chi connectivity index (χ0) is 14.0. The molecule has 19 heavy (non-hydrogen) atoms. The lowest BCUT2D eigenvalue weighted by Gasteiger charge is -2.09. The average Bonchev–Trinajstić information content (AvgIpc) is 2.69. The van der Waals surface area contributed by atoms with Gasteiger partial charge in [0.1, 0.15) is 10.7 Å². The van der Waals surface area contributed by atoms with Crippen molar-refractivity contribution in [3.63, 3.8) is 0 Å². The fourth-order valence-electron chi connectivity index (χ4n) is 1.65. The zero-order valence-corrected chi connectivity index (χ0v) is 11.2. The van der Waals surface area contributed by atoms with Crippen LogP contribution in [0.1, 0.15) is 11.4 Å². The molecule has 0 fully saturated rings. The lowest BCUT2D eigenvalue weighted by atomic mass is 10.3. The molecule has 1 aromatic carbocycles. The third-order valence-corrected chi connectivity index (χ3v) is 4.01. The van der Waals surface area contributed by atoms with Gasteiger partial charge in [-0.25, -0.2) is 12.8 Å². The molecular formula is C11H13FN4O2S. The van der Waals surface area contributed by atoms with Gasteiger partial charge in [0.25, 0.3) is 10.0 Å². The molecule has 2 aromatic rings. The summed E-state index contributed by atoms with van der Waals surface area (Å²) in [4.78, 5) is 2.32. The summed E-state index contributed by atoms with van der Waals surface area (Å²) in [5.74, 6) is -0.394. The molecule has 0 amide bonds. The topological polar surface area (TPSA) is 86.9 Å². The third-order valence-electron chi connectivity index (χ3n) is 2.50. The molecule has 0 atom stereocenters. The number of aromatic nitrogens is 2. The first-order valence-electron chi connectivity index (χ1n) is 5.45. The first-order chi connectivity index (χ1) is 8.90. The summed E-state index contributed by atoms with van der Waals surface area (Å²) in [6.07, 6.45) is 0. The van der Waals surface area contributed by atoms with Gasteiger partial charge in [-0.2, -0.15) is 5.10 Å². The van der Waals surface area contributed by atoms with Crippen molar-refractivity contribution in [1.82, 2.24) is 15.0 Å². The first kappa shape index (κ1) is 13.5. The summed E-state index contributed by atoms with van der Waals surface area (Å²) in [5, 5.41) is 6.43. The number of nitrogens with one attached hydrogen (secondary N) is 3. The Morgan fingerprint density at radius 2 is 1.84 bits per heavy atom. The van der Waals surface area contributed by atoms with Crippen molar-refractivity contribution in [2.24, 2.45) is 0 Å². The Morgan fingerprint density at radius 1 is 1.21 bits per heavy atom. The highest BCUT2D eigenvalue weighted by atomic mass is 32.2. The number of hydrogen-bond donors (Lipinski definition) is 3. The number of hydrazine groups is 1. The summed E-state index contributed by atoms with van der Waals surface area (Å²) >= 11 is 0. The maximum absolute atomic E-state index is 12.7. The van der Waals surface area contributed by atoms with Crippen LogP contribution in [-0.2, 0) is 10.0 Å². The SMILES string of the molecule is Cc1n[nH]c(C)c1S(=O)(=O)NNc1ccc(F)cc1. The van der Waals surface area contributed by atoms with Crippen LogP contribution in [0.3, 0.4) is 0 Å². The standard InChI is InChI=1S/C11H13FN4O2S/c1-7-11(8(2)14-13-7)19(17,18)16-15-10-5-3-9(12)4-6-10/h3-6,15-16H,1-2H3,(H,13,14). The van der Waals surface area contributed by atoms with E-state index in [0.29, 0.717) is 17.1 Å². The van der Waals surface area contributed by atoms with Gasteiger partial charge >= 0.3 is 0 Å². The Kier molecular flexibility index (Phi) is 3.54. The number of aromatic amines is 1. The van der Waals surface area contributed by atoms with Crippen LogP contribution in [0.5, 0.6) is 0 Å². The molecule has 0 bridgehead atoms. The van der Waals surface area contributed by atoms with Crippen molar-refractivity contribution in [2.75, 3.05) is 5.43 Å². The molecule has 1 heterocycles. The largest absolute Gasteiger partial charge is 0.308 e. The van der Waals surface area contributed by atoms with Crippen molar-refractivity contribution in [1.29, 1.82) is 0 Å². The molecule has 1 aromatic heterocycles. The van der Waals surface area contributed by atoms with E-state index in [2.05, 4.69) is 20.5 Å². The number of hydrogen-bond acceptors (Lipinski definition) is 4. The predicted molar refractivity (Wildman–Crippen MR) is 68.4 cm³/mol. The van der Waals surface area contributed by atoms with E-state index in [1.807, 2.05) is 0 Å². The fraction of sp³-hybridized carbons (Fsp3) is 0.182. The summed E-state index contributed by atoms with van der Waals surface area (Å²) in [7, 11) is -3.74. The third kappa shape index (κ3) is 2.91. The van der Waals surface area contributed by atoms with E-state index in [9.17, 15) is 12.8 Å². The number of aryl methyl sites for hydroxylation is 2. The summed E-state index contributed by atoms with van der Waals surface area (Å²) in [5.41, 5.74) is 3.77. The molecule has 0 saturated carbocycles. The Morgan fingerprint density at radius 3 is 2.37 bits per heavy atom. The summed E-state index contributed by atoms with van der Waals surface area (Å²) in [6.45, 7) is 3.21. The van der Waals surface area contributed by atoms with Gasteiger partial charge in [0.05, 0.1) is 11.4 Å². The van der Waals surface area contributed by atoms with Crippen LogP contribution in [0.15, 0.2) is 29.2 Å². The molecule has 0 saturated heterocycles. The number of sulfonamides is 1. The number of anilines is 1. The molecule has 3 N–H and O–H groups in total. The van der Waals surface area contributed by atoms with Crippen LogP contribution in [0.25, 0.3) is 0 Å². The van der Waals surface area contributed by atoms with Gasteiger partial charge in [0.15, 0.2) is 0 Å². The van der Waals surface area contributed by atoms with Crippen molar-refractivity contribution in [3.05, 3.63) is 41.5 Å². The van der Waals surface area contributed by atoms with E-state index in [0.717, 1.165) is 0 Å². The van der Waals surface area contributed by atoms with Gasteiger partial charge < -0.3 is 5.43 Å². The van der Waals surface area contributed by atoms with Crippen molar-refractivity contribution < 1.29 is 12.8 Å². The van der Waals surface area contributed by atoms with E-state index >= 15 is 0 Å². The van der Waals surface area contributed by atoms with Crippen LogP contribution in [0.2, 0.25) is 0 Å². The van der Waals surface area contributed by atoms with Crippen molar-refractivity contribution >= 4 is 15.7 Å². The molecule has 102 valence electrons. The van der Waals surface area contributed by atoms with Gasteiger partial charge in [-0.15, -0.1) is 4.83 Å². The smallest absolute Gasteiger partial charge is 0.260 e. The Labute approximate surface area is 110 Å². The second kappa shape index (κ2) is 4.98. The number of benzene rings is 1. The highest BCUT2D eigenvalue weighted by Crippen LogP contribution is 2.16. The minimum atomic E-state index is -3.74. The zero-order valence-electron chi connectivity index (χ0n) is 10.4. The molecule has 6 nitrogen and oxygen atoms in total. The van der Waals surface area contributed by atoms with Gasteiger partial charge in [0, 0.05) is 5.69 Å². The van der Waals surface area contributed by atoms with E-state index < -0.39 is 15.8 Å². The van der Waals surface area contributed by atoms with E-state index in [4.69, 9.17) is 0 Å². The van der Waals surface area contributed by atoms with E-state index in [1.165, 1.54) is 24.3 Å². The molecule has 0 aliphatic heterocycles. The van der Waals surface area contributed by atoms with Crippen molar-refractivity contribution in [3.8, 4) is 0 Å². The van der Waals surface area contributed by atoms with Crippen LogP contribution >= 0.6 is 0 Å². The number of H-pyrrole nitrogens is 1. The molecule has 0 radical (unpaired) electrons. The van der Waals surface area contributed by atoms with Crippen LogP contribution < -0.4 is 10.3 Å². The van der Waals surface area contributed by atoms with Gasteiger partial charge in [-0.3, -0.25) is 5.10 Å². The second-order valence-corrected chi connectivity index (χ2v) is 5.62. The van der Waals surface area contributed by atoms with Gasteiger partial charge in [-0.05, 0) is 38.1 Å². The number of halogens is 1. The number of nitrogens with zero attached hydrogens (tertiary/aromatic N) is 1. The molecule has 0 unspecified atom stereocenters. The average molecular weight is 284 g/mol. The lowest BCUT2D eigenvalue weighted by Crippen LogP contribution is -2.30. The first-order valence-corrected chi connectivity index (χ1v) is 6.93. The summed E-state index contributed by atoms with van der Waals surface area (Å²) in [6, 6.07) is 5.30. The molecular weight excluding hydrogens is 271 g/mol. The number of rotatable bonds is 4. The van der Waals surface area contributed by atoms with Crippen LogP contribution in [0.4, 0.5) is 10.1 Å². The molecule has 2 rings (SSSR count). The lowest BCUT2D eigenvalue weighted by molar-refractivity contribution is 0.586. The van der Waals surface area contributed by atoms with Crippen LogP contribution in [0, 0.1) is 19.7 Å². The maximum Gasteiger partial charge on any atom is 0.260 e. The van der Waals surface area contributed by atoms with E-state index in [1.54, 1.807) is 13.8 Å². The quantitative estimate of drug-likeness (QED) is 0.742. The Bertz CT molecular complexity index is 660. The molecule has 0 aliphatic carbocycles. The Hall–Kier alpha value is -1.93. The monoisotopic (exact) mass is 284 g/mol. The normalized spacial score (nSPS) is 11.5. The minimum Gasteiger partial charge on any atom is -0.308 e. The summed E-state index contributed by atoms with van der Waals surface area (Å²) < 4.78 is 36.8. The molecule has 0 spiro atoms. The minimum absolute atomic E-state index is 0.0992. The molecule has 8 heteroatoms.